The molecule has 16 heavy (non-hydrogen) atoms. The predicted octanol–water partition coefficient (Wildman–Crippen LogP) is 2.53. The summed E-state index contributed by atoms with van der Waals surface area (Å²) in [6.45, 7) is 3.40. The molecule has 0 fully saturated rings. The van der Waals surface area contributed by atoms with Crippen LogP contribution in [0.3, 0.4) is 0 Å². The summed E-state index contributed by atoms with van der Waals surface area (Å²) in [7, 11) is 0. The quantitative estimate of drug-likeness (QED) is 0.653. The van der Waals surface area contributed by atoms with Crippen LogP contribution < -0.4 is 5.32 Å². The maximum absolute atomic E-state index is 11.8. The zero-order valence-corrected chi connectivity index (χ0v) is 10.4. The highest BCUT2D eigenvalue weighted by atomic mass is 35.5. The minimum atomic E-state index is -0.760. The number of nitrogens with one attached hydrogen (secondary N) is 1. The number of amides is 1. The van der Waals surface area contributed by atoms with Crippen molar-refractivity contribution in [3.8, 4) is 12.3 Å². The molecule has 1 aromatic heterocycles. The molecule has 0 aliphatic carbocycles. The van der Waals surface area contributed by atoms with Crippen LogP contribution in [0, 0.1) is 12.3 Å². The molecule has 1 N–H and O–H groups in total. The standard InChI is InChI=1S/C11H10Cl2N2O/c1-4-11(2,3)15-10(16)9-7(12)5-6-8(13)14-9/h1,5-6H,2-3H3,(H,15,16). The first-order valence-electron chi connectivity index (χ1n) is 4.48. The Hall–Kier alpha value is -1.24. The van der Waals surface area contributed by atoms with Gasteiger partial charge in [0.2, 0.25) is 0 Å². The normalized spacial score (nSPS) is 10.7. The Labute approximate surface area is 104 Å². The van der Waals surface area contributed by atoms with Crippen LogP contribution in [-0.4, -0.2) is 16.4 Å². The summed E-state index contributed by atoms with van der Waals surface area (Å²) in [6.07, 6.45) is 5.26. The number of aromatic nitrogens is 1. The van der Waals surface area contributed by atoms with E-state index in [0.717, 1.165) is 0 Å². The average molecular weight is 257 g/mol. The lowest BCUT2D eigenvalue weighted by atomic mass is 10.1. The number of hydrogen-bond acceptors (Lipinski definition) is 2. The van der Waals surface area contributed by atoms with Crippen molar-refractivity contribution in [2.24, 2.45) is 0 Å². The molecule has 0 aliphatic heterocycles. The molecule has 1 amide bonds. The van der Waals surface area contributed by atoms with Gasteiger partial charge in [0.1, 0.15) is 10.8 Å². The molecule has 1 heterocycles. The largest absolute Gasteiger partial charge is 0.335 e. The Morgan fingerprint density at radius 3 is 2.69 bits per heavy atom. The van der Waals surface area contributed by atoms with Crippen LogP contribution in [-0.2, 0) is 0 Å². The maximum Gasteiger partial charge on any atom is 0.272 e. The van der Waals surface area contributed by atoms with E-state index in [1.54, 1.807) is 13.8 Å². The molecule has 0 saturated carbocycles. The first kappa shape index (κ1) is 12.8. The number of hydrogen-bond donors (Lipinski definition) is 1. The van der Waals surface area contributed by atoms with E-state index in [9.17, 15) is 4.79 Å². The number of halogens is 2. The van der Waals surface area contributed by atoms with Gasteiger partial charge in [-0.05, 0) is 26.0 Å². The second-order valence-corrected chi connectivity index (χ2v) is 4.48. The number of terminal acetylenes is 1. The van der Waals surface area contributed by atoms with E-state index in [1.807, 2.05) is 0 Å². The molecule has 1 rings (SSSR count). The Morgan fingerprint density at radius 2 is 2.12 bits per heavy atom. The molecule has 0 aliphatic rings. The molecule has 0 aromatic carbocycles. The second kappa shape index (κ2) is 4.73. The molecule has 0 unspecified atom stereocenters. The van der Waals surface area contributed by atoms with Gasteiger partial charge < -0.3 is 5.32 Å². The van der Waals surface area contributed by atoms with Gasteiger partial charge in [-0.1, -0.05) is 29.1 Å². The van der Waals surface area contributed by atoms with Crippen molar-refractivity contribution < 1.29 is 4.79 Å². The van der Waals surface area contributed by atoms with Gasteiger partial charge in [0.25, 0.3) is 5.91 Å². The Balaban J connectivity index is 2.98. The Kier molecular flexibility index (Phi) is 3.79. The Bertz CT molecular complexity index is 464. The summed E-state index contributed by atoms with van der Waals surface area (Å²) < 4.78 is 0. The van der Waals surface area contributed by atoms with Crippen LogP contribution >= 0.6 is 23.2 Å². The number of nitrogens with zero attached hydrogens (tertiary/aromatic N) is 1. The molecule has 0 saturated heterocycles. The van der Waals surface area contributed by atoms with Gasteiger partial charge in [-0.3, -0.25) is 4.79 Å². The third kappa shape index (κ3) is 3.13. The van der Waals surface area contributed by atoms with Crippen molar-refractivity contribution in [2.75, 3.05) is 0 Å². The van der Waals surface area contributed by atoms with Gasteiger partial charge in [-0.2, -0.15) is 0 Å². The highest BCUT2D eigenvalue weighted by Crippen LogP contribution is 2.17. The van der Waals surface area contributed by atoms with Crippen molar-refractivity contribution in [1.29, 1.82) is 0 Å². The Morgan fingerprint density at radius 1 is 1.50 bits per heavy atom. The molecule has 1 aromatic rings. The van der Waals surface area contributed by atoms with Crippen LogP contribution in [0.5, 0.6) is 0 Å². The summed E-state index contributed by atoms with van der Waals surface area (Å²) in [6, 6.07) is 3.02. The third-order valence-corrected chi connectivity index (χ3v) is 2.33. The minimum Gasteiger partial charge on any atom is -0.335 e. The third-order valence-electron chi connectivity index (χ3n) is 1.81. The highest BCUT2D eigenvalue weighted by Gasteiger charge is 2.21. The molecule has 0 bridgehead atoms. The molecular weight excluding hydrogens is 247 g/mol. The fourth-order valence-corrected chi connectivity index (χ4v) is 1.30. The molecule has 0 radical (unpaired) electrons. The van der Waals surface area contributed by atoms with Crippen molar-refractivity contribution in [3.05, 3.63) is 28.0 Å². The number of carbonyl (C=O) groups excluding carboxylic acids is 1. The molecule has 0 spiro atoms. The smallest absolute Gasteiger partial charge is 0.272 e. The van der Waals surface area contributed by atoms with E-state index in [1.165, 1.54) is 12.1 Å². The van der Waals surface area contributed by atoms with E-state index in [0.29, 0.717) is 0 Å². The lowest BCUT2D eigenvalue weighted by Crippen LogP contribution is -2.42. The average Bonchev–Trinajstić information content (AvgIpc) is 2.21. The maximum atomic E-state index is 11.8. The zero-order chi connectivity index (χ0) is 12.3. The minimum absolute atomic E-state index is 0.0671. The van der Waals surface area contributed by atoms with Crippen LogP contribution in [0.25, 0.3) is 0 Å². The summed E-state index contributed by atoms with van der Waals surface area (Å²) in [4.78, 5) is 15.6. The van der Waals surface area contributed by atoms with E-state index < -0.39 is 11.4 Å². The molecule has 5 heteroatoms. The van der Waals surface area contributed by atoms with Crippen LogP contribution in [0.1, 0.15) is 24.3 Å². The lowest BCUT2D eigenvalue weighted by Gasteiger charge is -2.19. The fraction of sp³-hybridized carbons (Fsp3) is 0.273. The summed E-state index contributed by atoms with van der Waals surface area (Å²) >= 11 is 11.5. The van der Waals surface area contributed by atoms with Crippen LogP contribution in [0.4, 0.5) is 0 Å². The SMILES string of the molecule is C#CC(C)(C)NC(=O)c1nc(Cl)ccc1Cl. The van der Waals surface area contributed by atoms with Crippen molar-refractivity contribution in [1.82, 2.24) is 10.3 Å². The van der Waals surface area contributed by atoms with Crippen molar-refractivity contribution in [2.45, 2.75) is 19.4 Å². The van der Waals surface area contributed by atoms with Crippen LogP contribution in [0.15, 0.2) is 12.1 Å². The van der Waals surface area contributed by atoms with Crippen molar-refractivity contribution in [3.63, 3.8) is 0 Å². The monoisotopic (exact) mass is 256 g/mol. The van der Waals surface area contributed by atoms with Gasteiger partial charge in [-0.15, -0.1) is 6.42 Å². The van der Waals surface area contributed by atoms with Gasteiger partial charge in [0.15, 0.2) is 0 Å². The number of pyridine rings is 1. The molecule has 0 atom stereocenters. The lowest BCUT2D eigenvalue weighted by molar-refractivity contribution is 0.0925. The second-order valence-electron chi connectivity index (χ2n) is 3.69. The fourth-order valence-electron chi connectivity index (χ4n) is 0.957. The predicted molar refractivity (Wildman–Crippen MR) is 64.6 cm³/mol. The van der Waals surface area contributed by atoms with E-state index in [2.05, 4.69) is 16.2 Å². The van der Waals surface area contributed by atoms with Gasteiger partial charge in [0.05, 0.1) is 10.6 Å². The summed E-state index contributed by atoms with van der Waals surface area (Å²) in [5.41, 5.74) is -0.692. The summed E-state index contributed by atoms with van der Waals surface area (Å²) in [5, 5.41) is 3.04. The molecular formula is C11H10Cl2N2O. The van der Waals surface area contributed by atoms with E-state index in [-0.39, 0.29) is 15.9 Å². The molecule has 84 valence electrons. The highest BCUT2D eigenvalue weighted by molar-refractivity contribution is 6.34. The first-order valence-corrected chi connectivity index (χ1v) is 5.23. The zero-order valence-electron chi connectivity index (χ0n) is 8.84. The topological polar surface area (TPSA) is 42.0 Å². The van der Waals surface area contributed by atoms with E-state index in [4.69, 9.17) is 29.6 Å². The van der Waals surface area contributed by atoms with Crippen molar-refractivity contribution >= 4 is 29.1 Å². The molecule has 3 nitrogen and oxygen atoms in total. The van der Waals surface area contributed by atoms with E-state index >= 15 is 0 Å². The van der Waals surface area contributed by atoms with Gasteiger partial charge in [-0.25, -0.2) is 4.98 Å². The van der Waals surface area contributed by atoms with Gasteiger partial charge in [0, 0.05) is 0 Å². The number of carbonyl (C=O) groups is 1. The summed E-state index contributed by atoms with van der Waals surface area (Å²) in [5.74, 6) is 1.99. The van der Waals surface area contributed by atoms with Gasteiger partial charge >= 0.3 is 0 Å². The first-order chi connectivity index (χ1) is 7.35. The number of rotatable bonds is 2. The van der Waals surface area contributed by atoms with Crippen LogP contribution in [0.2, 0.25) is 10.2 Å².